The minimum Gasteiger partial charge on any atom is -0.484 e. The summed E-state index contributed by atoms with van der Waals surface area (Å²) >= 11 is 0. The number of hydrogen-bond donors (Lipinski definition) is 2. The summed E-state index contributed by atoms with van der Waals surface area (Å²) in [6, 6.07) is 7.53. The number of carbonyl (C=O) groups excluding carboxylic acids is 2. The SMILES string of the molecule is CC(CC(=O)NC12CC3CC(CC(C3)C1)C2)=NNC(=O)COc1cccc(C)c1. The Morgan fingerprint density at radius 1 is 1.10 bits per heavy atom. The van der Waals surface area contributed by atoms with E-state index in [1.807, 2.05) is 31.2 Å². The van der Waals surface area contributed by atoms with Crippen LogP contribution in [0.5, 0.6) is 5.75 Å². The first-order chi connectivity index (χ1) is 13.9. The Morgan fingerprint density at radius 3 is 2.38 bits per heavy atom. The molecule has 4 aliphatic rings. The van der Waals surface area contributed by atoms with Crippen molar-refractivity contribution in [3.63, 3.8) is 0 Å². The van der Waals surface area contributed by atoms with Gasteiger partial charge in [0.1, 0.15) is 5.75 Å². The van der Waals surface area contributed by atoms with Crippen LogP contribution in [0.2, 0.25) is 0 Å². The third kappa shape index (κ3) is 4.98. The molecule has 4 bridgehead atoms. The number of nitrogens with zero attached hydrogens (tertiary/aromatic N) is 1. The monoisotopic (exact) mass is 397 g/mol. The van der Waals surface area contributed by atoms with Gasteiger partial charge in [0.05, 0.1) is 6.42 Å². The fraction of sp³-hybridized carbons (Fsp3) is 0.609. The Bertz CT molecular complexity index is 782. The van der Waals surface area contributed by atoms with Crippen molar-refractivity contribution in [3.8, 4) is 5.75 Å². The van der Waals surface area contributed by atoms with E-state index in [4.69, 9.17) is 4.74 Å². The van der Waals surface area contributed by atoms with Crippen molar-refractivity contribution in [2.75, 3.05) is 6.61 Å². The van der Waals surface area contributed by atoms with Crippen LogP contribution in [-0.4, -0.2) is 29.7 Å². The zero-order valence-electron chi connectivity index (χ0n) is 17.4. The smallest absolute Gasteiger partial charge is 0.277 e. The second kappa shape index (κ2) is 8.17. The highest BCUT2D eigenvalue weighted by molar-refractivity contribution is 6.00. The Kier molecular flexibility index (Phi) is 5.61. The van der Waals surface area contributed by atoms with E-state index in [1.54, 1.807) is 6.92 Å². The van der Waals surface area contributed by atoms with Gasteiger partial charge in [-0.1, -0.05) is 12.1 Å². The molecule has 2 N–H and O–H groups in total. The van der Waals surface area contributed by atoms with Crippen molar-refractivity contribution in [1.82, 2.24) is 10.7 Å². The van der Waals surface area contributed by atoms with E-state index in [0.29, 0.717) is 11.5 Å². The van der Waals surface area contributed by atoms with E-state index >= 15 is 0 Å². The number of nitrogens with one attached hydrogen (secondary N) is 2. The van der Waals surface area contributed by atoms with E-state index in [2.05, 4.69) is 15.8 Å². The molecule has 0 unspecified atom stereocenters. The molecule has 4 fully saturated rings. The number of hydrogen-bond acceptors (Lipinski definition) is 4. The van der Waals surface area contributed by atoms with Crippen molar-refractivity contribution in [2.24, 2.45) is 22.9 Å². The van der Waals surface area contributed by atoms with Gasteiger partial charge < -0.3 is 10.1 Å². The molecule has 0 heterocycles. The number of rotatable bonds is 7. The van der Waals surface area contributed by atoms with E-state index < -0.39 is 0 Å². The van der Waals surface area contributed by atoms with Gasteiger partial charge in [-0.2, -0.15) is 5.10 Å². The van der Waals surface area contributed by atoms with Gasteiger partial charge in [0.25, 0.3) is 5.91 Å². The summed E-state index contributed by atoms with van der Waals surface area (Å²) in [7, 11) is 0. The molecule has 0 aromatic heterocycles. The van der Waals surface area contributed by atoms with Gasteiger partial charge in [-0.3, -0.25) is 9.59 Å². The summed E-state index contributed by atoms with van der Waals surface area (Å²) in [5, 5.41) is 7.40. The number of amides is 2. The number of ether oxygens (including phenoxy) is 1. The quantitative estimate of drug-likeness (QED) is 0.547. The highest BCUT2D eigenvalue weighted by Gasteiger charge is 2.51. The van der Waals surface area contributed by atoms with Gasteiger partial charge in [-0.05, 0) is 87.8 Å². The van der Waals surface area contributed by atoms with E-state index in [9.17, 15) is 9.59 Å². The van der Waals surface area contributed by atoms with Crippen LogP contribution >= 0.6 is 0 Å². The fourth-order valence-corrected chi connectivity index (χ4v) is 5.92. The molecule has 2 amide bonds. The van der Waals surface area contributed by atoms with Crippen LogP contribution < -0.4 is 15.5 Å². The largest absolute Gasteiger partial charge is 0.484 e. The molecule has 1 aromatic carbocycles. The Hall–Kier alpha value is -2.37. The number of benzene rings is 1. The molecule has 0 spiro atoms. The Morgan fingerprint density at radius 2 is 1.76 bits per heavy atom. The first-order valence-corrected chi connectivity index (χ1v) is 10.7. The lowest BCUT2D eigenvalue weighted by Gasteiger charge is -2.56. The lowest BCUT2D eigenvalue weighted by molar-refractivity contribution is -0.126. The summed E-state index contributed by atoms with van der Waals surface area (Å²) in [5.41, 5.74) is 4.15. The first-order valence-electron chi connectivity index (χ1n) is 10.7. The number of aryl methyl sites for hydroxylation is 1. The normalized spacial score (nSPS) is 30.1. The van der Waals surface area contributed by atoms with Crippen LogP contribution in [0.3, 0.4) is 0 Å². The molecule has 0 radical (unpaired) electrons. The summed E-state index contributed by atoms with van der Waals surface area (Å²) < 4.78 is 5.46. The predicted octanol–water partition coefficient (Wildman–Crippen LogP) is 3.34. The second-order valence-corrected chi connectivity index (χ2v) is 9.41. The van der Waals surface area contributed by atoms with Crippen LogP contribution in [-0.2, 0) is 9.59 Å². The van der Waals surface area contributed by atoms with Crippen LogP contribution in [0, 0.1) is 24.7 Å². The Labute approximate surface area is 172 Å². The molecule has 156 valence electrons. The van der Waals surface area contributed by atoms with Crippen molar-refractivity contribution in [2.45, 2.75) is 64.3 Å². The highest BCUT2D eigenvalue weighted by Crippen LogP contribution is 2.55. The number of hydrazone groups is 1. The van der Waals surface area contributed by atoms with Crippen molar-refractivity contribution in [1.29, 1.82) is 0 Å². The molecule has 29 heavy (non-hydrogen) atoms. The van der Waals surface area contributed by atoms with E-state index in [0.717, 1.165) is 42.6 Å². The lowest BCUT2D eigenvalue weighted by Crippen LogP contribution is -2.60. The third-order valence-electron chi connectivity index (χ3n) is 6.59. The molecule has 0 saturated heterocycles. The van der Waals surface area contributed by atoms with Gasteiger partial charge in [0, 0.05) is 11.3 Å². The number of carbonyl (C=O) groups is 2. The average Bonchev–Trinajstić information content (AvgIpc) is 2.63. The maximum atomic E-state index is 12.6. The summed E-state index contributed by atoms with van der Waals surface area (Å²) in [6.45, 7) is 3.62. The van der Waals surface area contributed by atoms with Crippen molar-refractivity contribution >= 4 is 17.5 Å². The van der Waals surface area contributed by atoms with Crippen LogP contribution in [0.1, 0.15) is 57.4 Å². The minimum absolute atomic E-state index is 0.0109. The average molecular weight is 398 g/mol. The molecule has 4 saturated carbocycles. The highest BCUT2D eigenvalue weighted by atomic mass is 16.5. The summed E-state index contributed by atoms with van der Waals surface area (Å²) in [4.78, 5) is 24.5. The standard InChI is InChI=1S/C23H31N3O3/c1-15-4-3-5-20(6-15)29-14-22(28)26-25-16(2)7-21(27)24-23-11-17-8-18(12-23)10-19(9-17)13-23/h3-6,17-19H,7-14H2,1-2H3,(H,24,27)(H,26,28). The maximum Gasteiger partial charge on any atom is 0.277 e. The van der Waals surface area contributed by atoms with Crippen molar-refractivity contribution < 1.29 is 14.3 Å². The molecule has 6 heteroatoms. The van der Waals surface area contributed by atoms with Gasteiger partial charge in [0.15, 0.2) is 6.61 Å². The molecule has 0 atom stereocenters. The molecule has 4 aliphatic carbocycles. The maximum absolute atomic E-state index is 12.6. The minimum atomic E-state index is -0.340. The molecule has 0 aliphatic heterocycles. The van der Waals surface area contributed by atoms with Crippen LogP contribution in [0.4, 0.5) is 0 Å². The molecule has 6 nitrogen and oxygen atoms in total. The van der Waals surface area contributed by atoms with Gasteiger partial charge in [-0.15, -0.1) is 0 Å². The third-order valence-corrected chi connectivity index (χ3v) is 6.59. The van der Waals surface area contributed by atoms with Crippen molar-refractivity contribution in [3.05, 3.63) is 29.8 Å². The van der Waals surface area contributed by atoms with Crippen LogP contribution in [0.15, 0.2) is 29.4 Å². The fourth-order valence-electron chi connectivity index (χ4n) is 5.92. The van der Waals surface area contributed by atoms with Crippen LogP contribution in [0.25, 0.3) is 0 Å². The van der Waals surface area contributed by atoms with E-state index in [-0.39, 0.29) is 30.4 Å². The summed E-state index contributed by atoms with van der Waals surface area (Å²) in [5.74, 6) is 2.71. The molecule has 1 aromatic rings. The van der Waals surface area contributed by atoms with Gasteiger partial charge >= 0.3 is 0 Å². The predicted molar refractivity (Wildman–Crippen MR) is 112 cm³/mol. The molecular weight excluding hydrogens is 366 g/mol. The molecule has 5 rings (SSSR count). The lowest BCUT2D eigenvalue weighted by atomic mass is 9.53. The summed E-state index contributed by atoms with van der Waals surface area (Å²) in [6.07, 6.45) is 7.67. The Balaban J connectivity index is 1.22. The topological polar surface area (TPSA) is 79.8 Å². The second-order valence-electron chi connectivity index (χ2n) is 9.41. The first kappa shape index (κ1) is 19.9. The molecular formula is C23H31N3O3. The zero-order valence-corrected chi connectivity index (χ0v) is 17.4. The van der Waals surface area contributed by atoms with E-state index in [1.165, 1.54) is 19.3 Å². The van der Waals surface area contributed by atoms with Gasteiger partial charge in [0.2, 0.25) is 5.91 Å². The van der Waals surface area contributed by atoms with Gasteiger partial charge in [-0.25, -0.2) is 5.43 Å². The zero-order chi connectivity index (χ0) is 20.4.